The first-order valence-corrected chi connectivity index (χ1v) is 5.80. The van der Waals surface area contributed by atoms with E-state index in [9.17, 15) is 14.2 Å². The van der Waals surface area contributed by atoms with Gasteiger partial charge in [0.05, 0.1) is 14.2 Å². The van der Waals surface area contributed by atoms with Crippen LogP contribution in [0.5, 0.6) is 0 Å². The van der Waals surface area contributed by atoms with E-state index in [2.05, 4.69) is 32.5 Å². The molecule has 0 aromatic heterocycles. The summed E-state index contributed by atoms with van der Waals surface area (Å²) in [4.78, 5) is 21.1. The number of hydrogen-bond donors (Lipinski definition) is 0. The number of phosphoric acid groups is 1. The van der Waals surface area contributed by atoms with Gasteiger partial charge in [-0.05, 0) is 0 Å². The monoisotopic (exact) mass is 288 g/mol. The van der Waals surface area contributed by atoms with Crippen LogP contribution in [-0.2, 0) is 37.1 Å². The molecule has 0 N–H and O–H groups in total. The predicted octanol–water partition coefficient (Wildman–Crippen LogP) is 1.26. The molecule has 0 saturated heterocycles. The van der Waals surface area contributed by atoms with Crippen molar-refractivity contribution in [3.8, 4) is 0 Å². The number of phosphoric ester groups is 1. The molecule has 0 aliphatic rings. The van der Waals surface area contributed by atoms with Crippen LogP contribution in [-0.4, -0.2) is 47.2 Å². The second-order valence-corrected chi connectivity index (χ2v) is 4.10. The Morgan fingerprint density at radius 3 is 1.56 bits per heavy atom. The van der Waals surface area contributed by atoms with E-state index >= 15 is 0 Å². The molecule has 0 unspecified atom stereocenters. The van der Waals surface area contributed by atoms with Gasteiger partial charge in [-0.15, -0.1) is 0 Å². The fourth-order valence-electron chi connectivity index (χ4n) is 0.539. The molecule has 18 heavy (non-hydrogen) atoms. The van der Waals surface area contributed by atoms with Crippen LogP contribution in [0.15, 0.2) is 0 Å². The van der Waals surface area contributed by atoms with E-state index in [-0.39, 0.29) is 0 Å². The molecule has 0 aromatic carbocycles. The average molecular weight is 288 g/mol. The minimum Gasteiger partial charge on any atom is -0.438 e. The molecule has 0 aliphatic carbocycles. The number of carbonyl (C=O) groups is 2. The molecule has 0 saturated carbocycles. The van der Waals surface area contributed by atoms with Crippen molar-refractivity contribution in [2.24, 2.45) is 0 Å². The van der Waals surface area contributed by atoms with E-state index in [0.717, 1.165) is 21.3 Å². The number of ether oxygens (including phenoxy) is 4. The van der Waals surface area contributed by atoms with E-state index < -0.39 is 33.7 Å². The largest absolute Gasteiger partial charge is 0.510 e. The van der Waals surface area contributed by atoms with Gasteiger partial charge in [0, 0.05) is 7.11 Å². The van der Waals surface area contributed by atoms with E-state index in [1.165, 1.54) is 0 Å². The summed E-state index contributed by atoms with van der Waals surface area (Å²) in [7, 11) is -0.810. The summed E-state index contributed by atoms with van der Waals surface area (Å²) in [5.41, 5.74) is 0. The number of carbonyl (C=O) groups excluding carboxylic acids is 2. The summed E-state index contributed by atoms with van der Waals surface area (Å²) >= 11 is 0. The molecule has 0 aromatic rings. The van der Waals surface area contributed by atoms with E-state index in [4.69, 9.17) is 0 Å². The van der Waals surface area contributed by atoms with Gasteiger partial charge in [0.15, 0.2) is 0 Å². The second kappa shape index (κ2) is 8.70. The van der Waals surface area contributed by atoms with Crippen molar-refractivity contribution in [2.75, 3.05) is 34.9 Å². The van der Waals surface area contributed by atoms with Crippen molar-refractivity contribution in [3.63, 3.8) is 0 Å². The summed E-state index contributed by atoms with van der Waals surface area (Å²) in [5, 5.41) is 0. The van der Waals surface area contributed by atoms with Crippen molar-refractivity contribution in [2.45, 2.75) is 0 Å². The lowest BCUT2D eigenvalue weighted by Gasteiger charge is -2.14. The Balaban J connectivity index is 3.99. The first kappa shape index (κ1) is 16.6. The molecular formula is C7H13O10P. The highest BCUT2D eigenvalue weighted by Crippen LogP contribution is 2.48. The smallest absolute Gasteiger partial charge is 0.438 e. The molecule has 0 radical (unpaired) electrons. The first-order valence-electron chi connectivity index (χ1n) is 4.33. The third-order valence-corrected chi connectivity index (χ3v) is 2.62. The maximum atomic E-state index is 11.6. The normalized spacial score (nSPS) is 10.6. The zero-order valence-corrected chi connectivity index (χ0v) is 10.8. The Kier molecular flexibility index (Phi) is 8.05. The van der Waals surface area contributed by atoms with Gasteiger partial charge in [-0.25, -0.2) is 23.2 Å². The molecule has 0 atom stereocenters. The van der Waals surface area contributed by atoms with Crippen molar-refractivity contribution < 1.29 is 46.7 Å². The Hall–Kier alpha value is -1.35. The molecule has 106 valence electrons. The lowest BCUT2D eigenvalue weighted by molar-refractivity contribution is -0.0298. The summed E-state index contributed by atoms with van der Waals surface area (Å²) in [6, 6.07) is 0. The fraction of sp³-hybridized carbons (Fsp3) is 0.714. The fourth-order valence-corrected chi connectivity index (χ4v) is 1.19. The Labute approximate surface area is 103 Å². The van der Waals surface area contributed by atoms with Gasteiger partial charge in [-0.2, -0.15) is 0 Å². The molecule has 10 nitrogen and oxygen atoms in total. The van der Waals surface area contributed by atoms with Gasteiger partial charge in [0.25, 0.3) is 0 Å². The summed E-state index contributed by atoms with van der Waals surface area (Å²) in [6.07, 6.45) is -2.08. The van der Waals surface area contributed by atoms with Gasteiger partial charge in [0.1, 0.15) is 0 Å². The number of hydrogen-bond acceptors (Lipinski definition) is 10. The van der Waals surface area contributed by atoms with Crippen molar-refractivity contribution in [1.82, 2.24) is 0 Å². The standard InChI is InChI=1S/C7H13O10P/c1-11-6(8)14-4-16-18(10,13-3)17-5-15-7(9)12-2/h4-5H2,1-3H3. The Morgan fingerprint density at radius 1 is 0.889 bits per heavy atom. The second-order valence-electron chi connectivity index (χ2n) is 2.32. The minimum absolute atomic E-state index is 0.726. The molecule has 0 aliphatic heterocycles. The lowest BCUT2D eigenvalue weighted by atomic mass is 11.3. The van der Waals surface area contributed by atoms with Gasteiger partial charge in [-0.3, -0.25) is 4.52 Å². The van der Waals surface area contributed by atoms with Crippen LogP contribution in [0.2, 0.25) is 0 Å². The predicted molar refractivity (Wildman–Crippen MR) is 53.5 cm³/mol. The maximum Gasteiger partial charge on any atom is 0.510 e. The first-order chi connectivity index (χ1) is 8.47. The van der Waals surface area contributed by atoms with Crippen LogP contribution in [0.4, 0.5) is 9.59 Å². The Morgan fingerprint density at radius 2 is 1.28 bits per heavy atom. The summed E-state index contributed by atoms with van der Waals surface area (Å²) in [5.74, 6) is 0. The van der Waals surface area contributed by atoms with Crippen LogP contribution in [0.1, 0.15) is 0 Å². The highest BCUT2D eigenvalue weighted by molar-refractivity contribution is 7.48. The maximum absolute atomic E-state index is 11.6. The van der Waals surface area contributed by atoms with Gasteiger partial charge in [-0.1, -0.05) is 0 Å². The van der Waals surface area contributed by atoms with Crippen molar-refractivity contribution in [1.29, 1.82) is 0 Å². The highest BCUT2D eigenvalue weighted by Gasteiger charge is 2.26. The van der Waals surface area contributed by atoms with Crippen LogP contribution < -0.4 is 0 Å². The molecular weight excluding hydrogens is 275 g/mol. The summed E-state index contributed by atoms with van der Waals surface area (Å²) < 4.78 is 41.9. The van der Waals surface area contributed by atoms with Crippen LogP contribution in [0.25, 0.3) is 0 Å². The lowest BCUT2D eigenvalue weighted by Crippen LogP contribution is -2.11. The van der Waals surface area contributed by atoms with Gasteiger partial charge < -0.3 is 18.9 Å². The minimum atomic E-state index is -4.00. The van der Waals surface area contributed by atoms with Gasteiger partial charge in [0.2, 0.25) is 13.6 Å². The van der Waals surface area contributed by atoms with Crippen LogP contribution in [0.3, 0.4) is 0 Å². The van der Waals surface area contributed by atoms with Gasteiger partial charge >= 0.3 is 20.1 Å². The topological polar surface area (TPSA) is 116 Å². The SMILES string of the molecule is COC(=O)OCOP(=O)(OC)OCOC(=O)OC. The average Bonchev–Trinajstić information content (AvgIpc) is 2.38. The van der Waals surface area contributed by atoms with Crippen LogP contribution >= 0.6 is 7.82 Å². The van der Waals surface area contributed by atoms with Crippen molar-refractivity contribution in [3.05, 3.63) is 0 Å². The molecule has 11 heteroatoms. The summed E-state index contributed by atoms with van der Waals surface area (Å²) in [6.45, 7) is -1.45. The molecule has 0 rings (SSSR count). The highest BCUT2D eigenvalue weighted by atomic mass is 31.2. The molecule has 0 heterocycles. The molecule has 0 amide bonds. The third-order valence-electron chi connectivity index (χ3n) is 1.33. The van der Waals surface area contributed by atoms with Crippen LogP contribution in [0, 0.1) is 0 Å². The number of rotatable bonds is 7. The van der Waals surface area contributed by atoms with Crippen molar-refractivity contribution >= 4 is 20.1 Å². The quantitative estimate of drug-likeness (QED) is 0.385. The molecule has 0 bridgehead atoms. The van der Waals surface area contributed by atoms with E-state index in [0.29, 0.717) is 0 Å². The van der Waals surface area contributed by atoms with E-state index in [1.54, 1.807) is 0 Å². The number of methoxy groups -OCH3 is 2. The zero-order valence-electron chi connectivity index (χ0n) is 9.94. The molecule has 0 spiro atoms. The Bertz CT molecular complexity index is 289. The molecule has 0 fully saturated rings. The van der Waals surface area contributed by atoms with E-state index in [1.807, 2.05) is 0 Å². The third kappa shape index (κ3) is 7.07. The zero-order chi connectivity index (χ0) is 14.0.